The largest absolute Gasteiger partial charge is 0.392 e. The van der Waals surface area contributed by atoms with Gasteiger partial charge in [0.25, 0.3) is 5.91 Å². The van der Waals surface area contributed by atoms with Gasteiger partial charge in [-0.05, 0) is 46.0 Å². The van der Waals surface area contributed by atoms with E-state index in [9.17, 15) is 4.79 Å². The highest BCUT2D eigenvalue weighted by atomic mass is 79.9. The number of nitrogens with zero attached hydrogens (tertiary/aromatic N) is 1. The van der Waals surface area contributed by atoms with E-state index in [1.807, 2.05) is 41.1 Å². The molecular formula is C16H17BrN2O2. The van der Waals surface area contributed by atoms with Gasteiger partial charge in [-0.2, -0.15) is 0 Å². The molecule has 21 heavy (non-hydrogen) atoms. The number of amides is 1. The quantitative estimate of drug-likeness (QED) is 0.872. The third-order valence-electron chi connectivity index (χ3n) is 3.65. The third-order valence-corrected chi connectivity index (χ3v) is 4.08. The van der Waals surface area contributed by atoms with Gasteiger partial charge in [-0.15, -0.1) is 0 Å². The minimum Gasteiger partial charge on any atom is -0.392 e. The molecule has 4 nitrogen and oxygen atoms in total. The topological polar surface area (TPSA) is 54.3 Å². The van der Waals surface area contributed by atoms with E-state index in [-0.39, 0.29) is 12.5 Å². The molecule has 0 aliphatic heterocycles. The first kappa shape index (κ1) is 14.4. The summed E-state index contributed by atoms with van der Waals surface area (Å²) < 4.78 is 2.99. The second-order valence-corrected chi connectivity index (χ2v) is 6.25. The van der Waals surface area contributed by atoms with Crippen LogP contribution in [0.5, 0.6) is 0 Å². The van der Waals surface area contributed by atoms with Gasteiger partial charge in [-0.1, -0.05) is 24.3 Å². The van der Waals surface area contributed by atoms with E-state index < -0.39 is 0 Å². The summed E-state index contributed by atoms with van der Waals surface area (Å²) in [6.45, 7) is 0.521. The molecule has 0 spiro atoms. The molecule has 0 unspecified atom stereocenters. The Morgan fingerprint density at radius 2 is 1.95 bits per heavy atom. The number of rotatable bonds is 5. The van der Waals surface area contributed by atoms with Crippen LogP contribution in [0.25, 0.3) is 0 Å². The molecule has 0 saturated heterocycles. The number of carbonyl (C=O) groups excluding carboxylic acids is 1. The van der Waals surface area contributed by atoms with Crippen molar-refractivity contribution in [3.8, 4) is 0 Å². The second-order valence-electron chi connectivity index (χ2n) is 5.34. The van der Waals surface area contributed by atoms with Crippen molar-refractivity contribution in [1.29, 1.82) is 0 Å². The third kappa shape index (κ3) is 3.36. The molecule has 5 heteroatoms. The van der Waals surface area contributed by atoms with E-state index in [0.717, 1.165) is 28.4 Å². The van der Waals surface area contributed by atoms with Gasteiger partial charge < -0.3 is 15.0 Å². The summed E-state index contributed by atoms with van der Waals surface area (Å²) in [5, 5.41) is 12.0. The standard InChI is InChI=1S/C16H17BrN2O2/c17-13-7-15(19(9-13)14-5-6-14)16(21)18-8-11-1-3-12(10-20)4-2-11/h1-4,7,9,14,20H,5-6,8,10H2,(H,18,21). The Kier molecular flexibility index (Phi) is 4.12. The average Bonchev–Trinajstić information content (AvgIpc) is 3.27. The van der Waals surface area contributed by atoms with Crippen LogP contribution in [0.4, 0.5) is 0 Å². The lowest BCUT2D eigenvalue weighted by Gasteiger charge is -2.09. The number of aliphatic hydroxyl groups excluding tert-OH is 1. The maximum atomic E-state index is 12.3. The number of halogens is 1. The van der Waals surface area contributed by atoms with Crippen molar-refractivity contribution in [2.75, 3.05) is 0 Å². The van der Waals surface area contributed by atoms with Gasteiger partial charge in [-0.3, -0.25) is 4.79 Å². The molecule has 1 saturated carbocycles. The van der Waals surface area contributed by atoms with Gasteiger partial charge in [0, 0.05) is 23.3 Å². The summed E-state index contributed by atoms with van der Waals surface area (Å²) >= 11 is 3.43. The van der Waals surface area contributed by atoms with Gasteiger partial charge in [0.1, 0.15) is 5.69 Å². The van der Waals surface area contributed by atoms with Crippen molar-refractivity contribution in [2.24, 2.45) is 0 Å². The maximum absolute atomic E-state index is 12.3. The molecule has 1 heterocycles. The van der Waals surface area contributed by atoms with Crippen molar-refractivity contribution in [3.05, 3.63) is 57.8 Å². The summed E-state index contributed by atoms with van der Waals surface area (Å²) in [4.78, 5) is 12.3. The molecule has 0 bridgehead atoms. The molecule has 1 amide bonds. The first-order valence-electron chi connectivity index (χ1n) is 7.01. The molecule has 1 aliphatic rings. The summed E-state index contributed by atoms with van der Waals surface area (Å²) in [7, 11) is 0. The Morgan fingerprint density at radius 1 is 1.29 bits per heavy atom. The number of aliphatic hydroxyl groups is 1. The van der Waals surface area contributed by atoms with E-state index in [1.54, 1.807) is 0 Å². The van der Waals surface area contributed by atoms with Crippen molar-refractivity contribution in [2.45, 2.75) is 32.0 Å². The van der Waals surface area contributed by atoms with Crippen molar-refractivity contribution >= 4 is 21.8 Å². The average molecular weight is 349 g/mol. The smallest absolute Gasteiger partial charge is 0.268 e. The summed E-state index contributed by atoms with van der Waals surface area (Å²) in [6, 6.07) is 9.91. The second kappa shape index (κ2) is 6.03. The lowest BCUT2D eigenvalue weighted by Crippen LogP contribution is -2.25. The van der Waals surface area contributed by atoms with E-state index >= 15 is 0 Å². The monoisotopic (exact) mass is 348 g/mol. The molecule has 110 valence electrons. The van der Waals surface area contributed by atoms with Gasteiger partial charge in [0.2, 0.25) is 0 Å². The fourth-order valence-electron chi connectivity index (χ4n) is 2.32. The van der Waals surface area contributed by atoms with Gasteiger partial charge in [0.05, 0.1) is 6.61 Å². The number of hydrogen-bond donors (Lipinski definition) is 2. The van der Waals surface area contributed by atoms with Crippen LogP contribution in [-0.4, -0.2) is 15.6 Å². The molecule has 1 aromatic heterocycles. The van der Waals surface area contributed by atoms with Crippen LogP contribution >= 0.6 is 15.9 Å². The summed E-state index contributed by atoms with van der Waals surface area (Å²) in [5.41, 5.74) is 2.59. The van der Waals surface area contributed by atoms with Crippen LogP contribution in [-0.2, 0) is 13.2 Å². The van der Waals surface area contributed by atoms with Crippen LogP contribution in [0, 0.1) is 0 Å². The normalized spacial score (nSPS) is 14.2. The number of hydrogen-bond acceptors (Lipinski definition) is 2. The Bertz CT molecular complexity index is 645. The van der Waals surface area contributed by atoms with Crippen LogP contribution < -0.4 is 5.32 Å². The Morgan fingerprint density at radius 3 is 2.57 bits per heavy atom. The van der Waals surface area contributed by atoms with Crippen molar-refractivity contribution in [1.82, 2.24) is 9.88 Å². The van der Waals surface area contributed by atoms with Crippen molar-refractivity contribution in [3.63, 3.8) is 0 Å². The Labute approximate surface area is 131 Å². The molecular weight excluding hydrogens is 332 g/mol. The lowest BCUT2D eigenvalue weighted by molar-refractivity contribution is 0.0941. The van der Waals surface area contributed by atoms with E-state index in [0.29, 0.717) is 18.3 Å². The first-order valence-corrected chi connectivity index (χ1v) is 7.81. The fraction of sp³-hybridized carbons (Fsp3) is 0.312. The number of nitrogens with one attached hydrogen (secondary N) is 1. The van der Waals surface area contributed by atoms with Crippen LogP contribution in [0.2, 0.25) is 0 Å². The molecule has 2 aromatic rings. The van der Waals surface area contributed by atoms with Crippen molar-refractivity contribution < 1.29 is 9.90 Å². The molecule has 1 aromatic carbocycles. The van der Waals surface area contributed by atoms with Gasteiger partial charge in [-0.25, -0.2) is 0 Å². The number of carbonyl (C=O) groups is 1. The predicted molar refractivity (Wildman–Crippen MR) is 83.9 cm³/mol. The molecule has 3 rings (SSSR count). The molecule has 0 atom stereocenters. The number of benzene rings is 1. The molecule has 1 aliphatic carbocycles. The lowest BCUT2D eigenvalue weighted by atomic mass is 10.1. The zero-order valence-electron chi connectivity index (χ0n) is 11.6. The van der Waals surface area contributed by atoms with E-state index in [2.05, 4.69) is 21.2 Å². The molecule has 1 fully saturated rings. The summed E-state index contributed by atoms with van der Waals surface area (Å²) in [6.07, 6.45) is 4.26. The highest BCUT2D eigenvalue weighted by Gasteiger charge is 2.27. The fourth-order valence-corrected chi connectivity index (χ4v) is 2.76. The minimum absolute atomic E-state index is 0.0373. The minimum atomic E-state index is -0.0566. The van der Waals surface area contributed by atoms with Crippen LogP contribution in [0.3, 0.4) is 0 Å². The SMILES string of the molecule is O=C(NCc1ccc(CO)cc1)c1cc(Br)cn1C1CC1. The maximum Gasteiger partial charge on any atom is 0.268 e. The van der Waals surface area contributed by atoms with E-state index in [4.69, 9.17) is 5.11 Å². The van der Waals surface area contributed by atoms with Gasteiger partial charge in [0.15, 0.2) is 0 Å². The zero-order valence-corrected chi connectivity index (χ0v) is 13.1. The summed E-state index contributed by atoms with van der Waals surface area (Å²) in [5.74, 6) is -0.0566. The van der Waals surface area contributed by atoms with Crippen LogP contribution in [0.1, 0.15) is 40.5 Å². The molecule has 0 radical (unpaired) electrons. The number of aromatic nitrogens is 1. The van der Waals surface area contributed by atoms with Crippen LogP contribution in [0.15, 0.2) is 41.0 Å². The Balaban J connectivity index is 1.65. The zero-order chi connectivity index (χ0) is 14.8. The van der Waals surface area contributed by atoms with E-state index in [1.165, 1.54) is 0 Å². The predicted octanol–water partition coefficient (Wildman–Crippen LogP) is 3.01. The van der Waals surface area contributed by atoms with Gasteiger partial charge >= 0.3 is 0 Å². The highest BCUT2D eigenvalue weighted by molar-refractivity contribution is 9.10. The Hall–Kier alpha value is -1.59. The molecule has 2 N–H and O–H groups in total. The highest BCUT2D eigenvalue weighted by Crippen LogP contribution is 2.37. The first-order chi connectivity index (χ1) is 10.2.